The van der Waals surface area contributed by atoms with Crippen LogP contribution >= 0.6 is 0 Å². The topological polar surface area (TPSA) is 22.1 Å². The van der Waals surface area contributed by atoms with Crippen LogP contribution in [0.15, 0.2) is 36.5 Å². The number of benzene rings is 1. The molecule has 2 rings (SSSR count). The van der Waals surface area contributed by atoms with E-state index in [1.807, 2.05) is 37.3 Å². The predicted octanol–water partition coefficient (Wildman–Crippen LogP) is 3.03. The van der Waals surface area contributed by atoms with Crippen LogP contribution in [0.5, 0.6) is 5.75 Å². The zero-order valence-corrected chi connectivity index (χ0v) is 9.40. The number of fused-ring (bicyclic) bond motifs is 1. The van der Waals surface area contributed by atoms with Crippen molar-refractivity contribution in [2.75, 3.05) is 0 Å². The van der Waals surface area contributed by atoms with Crippen molar-refractivity contribution in [1.29, 1.82) is 0 Å². The largest absolute Gasteiger partial charge is 0.476 e. The highest BCUT2D eigenvalue weighted by atomic mass is 16.5. The molecule has 0 N–H and O–H groups in total. The Hall–Kier alpha value is -2.01. The number of ether oxygens (including phenoxy) is 1. The molecule has 1 atom stereocenters. The van der Waals surface area contributed by atoms with Gasteiger partial charge in [-0.25, -0.2) is 0 Å². The SMILES string of the molecule is CC#CC(C)Oc1cccc2cccnc12. The highest BCUT2D eigenvalue weighted by molar-refractivity contribution is 5.84. The minimum Gasteiger partial charge on any atom is -0.476 e. The van der Waals surface area contributed by atoms with Crippen LogP contribution in [0.1, 0.15) is 13.8 Å². The molecule has 1 aromatic carbocycles. The van der Waals surface area contributed by atoms with Crippen molar-refractivity contribution in [1.82, 2.24) is 4.98 Å². The van der Waals surface area contributed by atoms with Gasteiger partial charge in [0.25, 0.3) is 0 Å². The summed E-state index contributed by atoms with van der Waals surface area (Å²) in [5, 5.41) is 1.08. The van der Waals surface area contributed by atoms with Crippen LogP contribution in [0, 0.1) is 11.8 Å². The smallest absolute Gasteiger partial charge is 0.156 e. The standard InChI is InChI=1S/C14H13NO/c1-3-6-11(2)16-13-9-4-7-12-8-5-10-15-14(12)13/h4-5,7-11H,1-2H3. The maximum atomic E-state index is 5.73. The molecule has 0 amide bonds. The number of aromatic nitrogens is 1. The fourth-order valence-corrected chi connectivity index (χ4v) is 1.59. The maximum absolute atomic E-state index is 5.73. The summed E-state index contributed by atoms with van der Waals surface area (Å²) in [5.74, 6) is 6.58. The predicted molar refractivity (Wildman–Crippen MR) is 65.3 cm³/mol. The van der Waals surface area contributed by atoms with Gasteiger partial charge in [-0.15, -0.1) is 5.92 Å². The second-order valence-corrected chi connectivity index (χ2v) is 3.49. The van der Waals surface area contributed by atoms with Gasteiger partial charge in [0.1, 0.15) is 11.3 Å². The first-order valence-corrected chi connectivity index (χ1v) is 5.24. The monoisotopic (exact) mass is 211 g/mol. The first-order chi connectivity index (χ1) is 7.81. The van der Waals surface area contributed by atoms with Crippen LogP contribution < -0.4 is 4.74 Å². The Morgan fingerprint density at radius 3 is 2.88 bits per heavy atom. The van der Waals surface area contributed by atoms with E-state index >= 15 is 0 Å². The molecule has 0 aliphatic rings. The number of hydrogen-bond donors (Lipinski definition) is 0. The van der Waals surface area contributed by atoms with Gasteiger partial charge in [0, 0.05) is 11.6 Å². The Balaban J connectivity index is 2.39. The summed E-state index contributed by atoms with van der Waals surface area (Å²) in [6, 6.07) is 9.84. The molecule has 0 spiro atoms. The summed E-state index contributed by atoms with van der Waals surface area (Å²) in [5.41, 5.74) is 0.884. The van der Waals surface area contributed by atoms with E-state index in [2.05, 4.69) is 16.8 Å². The van der Waals surface area contributed by atoms with E-state index < -0.39 is 0 Å². The molecule has 0 radical (unpaired) electrons. The van der Waals surface area contributed by atoms with Gasteiger partial charge in [-0.05, 0) is 26.0 Å². The third-order valence-corrected chi connectivity index (χ3v) is 2.25. The van der Waals surface area contributed by atoms with Gasteiger partial charge in [-0.1, -0.05) is 24.1 Å². The van der Waals surface area contributed by atoms with Crippen LogP contribution in [0.25, 0.3) is 10.9 Å². The van der Waals surface area contributed by atoms with Crippen LogP contribution in [-0.2, 0) is 0 Å². The molecule has 1 unspecified atom stereocenters. The van der Waals surface area contributed by atoms with Crippen molar-refractivity contribution in [3.8, 4) is 17.6 Å². The minimum absolute atomic E-state index is 0.113. The van der Waals surface area contributed by atoms with Crippen LogP contribution in [0.4, 0.5) is 0 Å². The summed E-state index contributed by atoms with van der Waals surface area (Å²) in [6.07, 6.45) is 1.66. The molecule has 16 heavy (non-hydrogen) atoms. The fourth-order valence-electron chi connectivity index (χ4n) is 1.59. The van der Waals surface area contributed by atoms with Crippen molar-refractivity contribution in [3.05, 3.63) is 36.5 Å². The van der Waals surface area contributed by atoms with E-state index in [4.69, 9.17) is 4.74 Å². The average molecular weight is 211 g/mol. The summed E-state index contributed by atoms with van der Waals surface area (Å²) in [7, 11) is 0. The molecule has 2 heteroatoms. The van der Waals surface area contributed by atoms with Crippen molar-refractivity contribution in [2.24, 2.45) is 0 Å². The van der Waals surface area contributed by atoms with Crippen LogP contribution in [-0.4, -0.2) is 11.1 Å². The number of hydrogen-bond acceptors (Lipinski definition) is 2. The van der Waals surface area contributed by atoms with Gasteiger partial charge in [-0.3, -0.25) is 4.98 Å². The summed E-state index contributed by atoms with van der Waals surface area (Å²) in [6.45, 7) is 3.74. The van der Waals surface area contributed by atoms with Gasteiger partial charge < -0.3 is 4.74 Å². The fraction of sp³-hybridized carbons (Fsp3) is 0.214. The quantitative estimate of drug-likeness (QED) is 0.712. The molecule has 2 aromatic rings. The van der Waals surface area contributed by atoms with E-state index in [1.54, 1.807) is 13.1 Å². The summed E-state index contributed by atoms with van der Waals surface area (Å²) >= 11 is 0. The van der Waals surface area contributed by atoms with Crippen molar-refractivity contribution >= 4 is 10.9 Å². The number of rotatable bonds is 2. The number of para-hydroxylation sites is 1. The molecule has 80 valence electrons. The van der Waals surface area contributed by atoms with Crippen molar-refractivity contribution in [3.63, 3.8) is 0 Å². The zero-order chi connectivity index (χ0) is 11.4. The number of pyridine rings is 1. The number of nitrogens with zero attached hydrogens (tertiary/aromatic N) is 1. The second kappa shape index (κ2) is 4.67. The van der Waals surface area contributed by atoms with Crippen molar-refractivity contribution in [2.45, 2.75) is 20.0 Å². The lowest BCUT2D eigenvalue weighted by Crippen LogP contribution is -2.08. The zero-order valence-electron chi connectivity index (χ0n) is 9.40. The van der Waals surface area contributed by atoms with Gasteiger partial charge in [0.2, 0.25) is 0 Å². The molecule has 0 fully saturated rings. The molecule has 0 saturated heterocycles. The maximum Gasteiger partial charge on any atom is 0.156 e. The van der Waals surface area contributed by atoms with Crippen LogP contribution in [0.3, 0.4) is 0 Å². The lowest BCUT2D eigenvalue weighted by Gasteiger charge is -2.10. The third kappa shape index (κ3) is 2.14. The Kier molecular flexibility index (Phi) is 3.07. The van der Waals surface area contributed by atoms with Gasteiger partial charge in [0.05, 0.1) is 0 Å². The molecule has 0 aliphatic heterocycles. The van der Waals surface area contributed by atoms with Gasteiger partial charge >= 0.3 is 0 Å². The molecular formula is C14H13NO. The molecule has 2 nitrogen and oxygen atoms in total. The Bertz CT molecular complexity index is 546. The lowest BCUT2D eigenvalue weighted by atomic mass is 10.2. The minimum atomic E-state index is -0.113. The highest BCUT2D eigenvalue weighted by Crippen LogP contribution is 2.23. The normalized spacial score (nSPS) is 11.6. The first kappa shape index (κ1) is 10.5. The Morgan fingerprint density at radius 2 is 2.06 bits per heavy atom. The van der Waals surface area contributed by atoms with E-state index in [9.17, 15) is 0 Å². The third-order valence-electron chi connectivity index (χ3n) is 2.25. The Labute approximate surface area is 95.3 Å². The first-order valence-electron chi connectivity index (χ1n) is 5.24. The molecule has 0 aliphatic carbocycles. The second-order valence-electron chi connectivity index (χ2n) is 3.49. The summed E-state index contributed by atoms with van der Waals surface area (Å²) < 4.78 is 5.73. The molecule has 1 heterocycles. The van der Waals surface area contributed by atoms with Crippen LogP contribution in [0.2, 0.25) is 0 Å². The van der Waals surface area contributed by atoms with E-state index in [1.165, 1.54) is 0 Å². The molecule has 0 bridgehead atoms. The van der Waals surface area contributed by atoms with E-state index in [0.29, 0.717) is 0 Å². The van der Waals surface area contributed by atoms with Gasteiger partial charge in [-0.2, -0.15) is 0 Å². The molecule has 0 saturated carbocycles. The van der Waals surface area contributed by atoms with Gasteiger partial charge in [0.15, 0.2) is 6.10 Å². The van der Waals surface area contributed by atoms with E-state index in [0.717, 1.165) is 16.7 Å². The lowest BCUT2D eigenvalue weighted by molar-refractivity contribution is 0.282. The Morgan fingerprint density at radius 1 is 1.25 bits per heavy atom. The molecular weight excluding hydrogens is 198 g/mol. The highest BCUT2D eigenvalue weighted by Gasteiger charge is 2.05. The summed E-state index contributed by atoms with van der Waals surface area (Å²) in [4.78, 5) is 4.32. The molecule has 1 aromatic heterocycles. The average Bonchev–Trinajstić information content (AvgIpc) is 2.30. The van der Waals surface area contributed by atoms with E-state index in [-0.39, 0.29) is 6.10 Å². The van der Waals surface area contributed by atoms with Crippen molar-refractivity contribution < 1.29 is 4.74 Å².